The molecule has 166 valence electrons. The van der Waals surface area contributed by atoms with Gasteiger partial charge >= 0.3 is 0 Å². The van der Waals surface area contributed by atoms with E-state index in [1.807, 2.05) is 0 Å². The third-order valence-electron chi connectivity index (χ3n) is 11.2. The quantitative estimate of drug-likeness (QED) is 0.468. The predicted octanol–water partition coefficient (Wildman–Crippen LogP) is 5.84. The fourth-order valence-corrected chi connectivity index (χ4v) is 9.07. The third-order valence-corrected chi connectivity index (χ3v) is 11.2. The lowest BCUT2D eigenvalue weighted by molar-refractivity contribution is -0.497. The molecule has 0 amide bonds. The molecule has 7 aliphatic rings. The van der Waals surface area contributed by atoms with Gasteiger partial charge in [0, 0.05) is 23.7 Å². The molecule has 0 aromatic carbocycles. The molecule has 11 atom stereocenters. The van der Waals surface area contributed by atoms with Crippen molar-refractivity contribution in [1.29, 1.82) is 0 Å². The smallest absolute Gasteiger partial charge is 0.130 e. The van der Waals surface area contributed by atoms with Crippen LogP contribution in [0.15, 0.2) is 24.3 Å². The van der Waals surface area contributed by atoms with Crippen molar-refractivity contribution in [3.63, 3.8) is 0 Å². The first kappa shape index (κ1) is 20.0. The van der Waals surface area contributed by atoms with Crippen LogP contribution >= 0.6 is 0 Å². The molecule has 5 fully saturated rings. The van der Waals surface area contributed by atoms with Gasteiger partial charge in [-0.3, -0.25) is 0 Å². The molecule has 2 unspecified atom stereocenters. The Kier molecular flexibility index (Phi) is 4.16. The van der Waals surface area contributed by atoms with Crippen LogP contribution in [0, 0.1) is 46.3 Å². The van der Waals surface area contributed by atoms with E-state index in [0.717, 1.165) is 30.6 Å². The largest absolute Gasteiger partial charge is 0.393 e. The zero-order valence-corrected chi connectivity index (χ0v) is 19.3. The van der Waals surface area contributed by atoms with Crippen molar-refractivity contribution in [3.8, 4) is 0 Å². The minimum absolute atomic E-state index is 0.0757. The molecule has 2 bridgehead atoms. The Labute approximate surface area is 182 Å². The van der Waals surface area contributed by atoms with Crippen LogP contribution in [0.5, 0.6) is 0 Å². The molecule has 1 N–H and O–H groups in total. The average Bonchev–Trinajstić information content (AvgIpc) is 3.30. The molecule has 3 nitrogen and oxygen atoms in total. The Balaban J connectivity index is 1.32. The topological polar surface area (TPSA) is 38.7 Å². The van der Waals surface area contributed by atoms with Gasteiger partial charge in [-0.1, -0.05) is 45.9 Å². The first-order valence-corrected chi connectivity index (χ1v) is 12.7. The minimum atomic E-state index is -0.431. The molecule has 0 aromatic rings. The van der Waals surface area contributed by atoms with Gasteiger partial charge in [0.05, 0.1) is 6.10 Å². The van der Waals surface area contributed by atoms with Crippen molar-refractivity contribution in [2.75, 3.05) is 0 Å². The number of rotatable bonds is 3. The lowest BCUT2D eigenvalue weighted by atomic mass is 9.43. The van der Waals surface area contributed by atoms with E-state index in [0.29, 0.717) is 29.6 Å². The average molecular weight is 413 g/mol. The molecule has 2 aliphatic heterocycles. The maximum absolute atomic E-state index is 10.4. The van der Waals surface area contributed by atoms with Crippen LogP contribution in [0.2, 0.25) is 0 Å². The van der Waals surface area contributed by atoms with E-state index in [9.17, 15) is 5.11 Å². The molecule has 0 radical (unpaired) electrons. The van der Waals surface area contributed by atoms with Crippen LogP contribution in [0.3, 0.4) is 0 Å². The Bertz CT molecular complexity index is 789. The molecule has 30 heavy (non-hydrogen) atoms. The van der Waals surface area contributed by atoms with Crippen LogP contribution in [-0.2, 0) is 9.78 Å². The highest BCUT2D eigenvalue weighted by atomic mass is 17.2. The highest BCUT2D eigenvalue weighted by Crippen LogP contribution is 2.72. The molecule has 3 heteroatoms. The summed E-state index contributed by atoms with van der Waals surface area (Å²) in [5.41, 5.74) is -0.313. The summed E-state index contributed by atoms with van der Waals surface area (Å²) in [5.74, 6) is 4.13. The van der Waals surface area contributed by atoms with Crippen molar-refractivity contribution < 1.29 is 14.9 Å². The van der Waals surface area contributed by atoms with E-state index in [1.165, 1.54) is 32.1 Å². The molecule has 2 spiro atoms. The standard InChI is InChI=1S/C27H40O3/c1-17(5-6-19-15-18(19)2)21-7-8-22-24(21,3)11-10-23-25(4)12-9-20(28)16-26(25)13-14-27(22,23)30-29-26/h5-6,13-14,17-23,28H,7-12,15-16H2,1-4H3/b6-5+/t17-,18?,19?,20+,21-,22-,23-,24-,25-,26-,27+/m1/s1. The zero-order chi connectivity index (χ0) is 20.9. The van der Waals surface area contributed by atoms with Gasteiger partial charge in [0.15, 0.2) is 0 Å². The monoisotopic (exact) mass is 412 g/mol. The highest BCUT2D eigenvalue weighted by Gasteiger charge is 2.74. The Morgan fingerprint density at radius 1 is 1.03 bits per heavy atom. The predicted molar refractivity (Wildman–Crippen MR) is 117 cm³/mol. The molecule has 0 aromatic heterocycles. The van der Waals surface area contributed by atoms with Crippen LogP contribution in [0.1, 0.15) is 79.1 Å². The molecule has 1 saturated heterocycles. The summed E-state index contributed by atoms with van der Waals surface area (Å²) in [5, 5.41) is 10.4. The molecular weight excluding hydrogens is 372 g/mol. The van der Waals surface area contributed by atoms with Gasteiger partial charge in [-0.15, -0.1) is 0 Å². The molecule has 5 aliphatic carbocycles. The zero-order valence-electron chi connectivity index (χ0n) is 19.3. The van der Waals surface area contributed by atoms with E-state index in [4.69, 9.17) is 9.78 Å². The fraction of sp³-hybridized carbons (Fsp3) is 0.852. The fourth-order valence-electron chi connectivity index (χ4n) is 9.07. The summed E-state index contributed by atoms with van der Waals surface area (Å²) < 4.78 is 0. The van der Waals surface area contributed by atoms with Crippen LogP contribution in [-0.4, -0.2) is 22.4 Å². The molecule has 7 rings (SSSR count). The lowest BCUT2D eigenvalue weighted by Crippen LogP contribution is -2.73. The first-order chi connectivity index (χ1) is 14.2. The van der Waals surface area contributed by atoms with E-state index >= 15 is 0 Å². The Hall–Kier alpha value is -0.640. The van der Waals surface area contributed by atoms with Crippen molar-refractivity contribution in [1.82, 2.24) is 0 Å². The van der Waals surface area contributed by atoms with E-state index in [-0.39, 0.29) is 17.1 Å². The number of allylic oxidation sites excluding steroid dienone is 2. The van der Waals surface area contributed by atoms with Gasteiger partial charge in [0.1, 0.15) is 11.2 Å². The van der Waals surface area contributed by atoms with Gasteiger partial charge in [-0.2, -0.15) is 0 Å². The summed E-state index contributed by atoms with van der Waals surface area (Å²) in [4.78, 5) is 12.7. The molecular formula is C27H40O3. The van der Waals surface area contributed by atoms with Crippen molar-refractivity contribution in [2.24, 2.45) is 46.3 Å². The number of aliphatic hydroxyl groups is 1. The Morgan fingerprint density at radius 2 is 1.83 bits per heavy atom. The third kappa shape index (κ3) is 2.38. The second kappa shape index (κ2) is 6.23. The number of fused-ring (bicyclic) bond motifs is 2. The first-order valence-electron chi connectivity index (χ1n) is 12.7. The summed E-state index contributed by atoms with van der Waals surface area (Å²) in [6.07, 6.45) is 18.6. The van der Waals surface area contributed by atoms with Crippen LogP contribution in [0.4, 0.5) is 0 Å². The van der Waals surface area contributed by atoms with Crippen LogP contribution < -0.4 is 0 Å². The second-order valence-corrected chi connectivity index (χ2v) is 12.5. The summed E-state index contributed by atoms with van der Waals surface area (Å²) >= 11 is 0. The molecule has 2 heterocycles. The number of hydrogen-bond donors (Lipinski definition) is 1. The van der Waals surface area contributed by atoms with Crippen molar-refractivity contribution in [3.05, 3.63) is 24.3 Å². The van der Waals surface area contributed by atoms with Crippen molar-refractivity contribution >= 4 is 0 Å². The molecule has 4 saturated carbocycles. The maximum atomic E-state index is 10.4. The van der Waals surface area contributed by atoms with Gasteiger partial charge in [-0.05, 0) is 80.1 Å². The van der Waals surface area contributed by atoms with E-state index in [1.54, 1.807) is 0 Å². The van der Waals surface area contributed by atoms with Gasteiger partial charge in [0.25, 0.3) is 0 Å². The minimum Gasteiger partial charge on any atom is -0.393 e. The maximum Gasteiger partial charge on any atom is 0.130 e. The van der Waals surface area contributed by atoms with Crippen LogP contribution in [0.25, 0.3) is 0 Å². The lowest BCUT2D eigenvalue weighted by Gasteiger charge is -2.69. The van der Waals surface area contributed by atoms with Gasteiger partial charge in [-0.25, -0.2) is 9.78 Å². The normalized spacial score (nSPS) is 59.6. The summed E-state index contributed by atoms with van der Waals surface area (Å²) in [6, 6.07) is 0. The van der Waals surface area contributed by atoms with Crippen molar-refractivity contribution in [2.45, 2.75) is 96.4 Å². The summed E-state index contributed by atoms with van der Waals surface area (Å²) in [7, 11) is 0. The number of hydrogen-bond acceptors (Lipinski definition) is 3. The highest BCUT2D eigenvalue weighted by molar-refractivity contribution is 5.33. The summed E-state index contributed by atoms with van der Waals surface area (Å²) in [6.45, 7) is 9.82. The van der Waals surface area contributed by atoms with Gasteiger partial charge in [0.2, 0.25) is 0 Å². The van der Waals surface area contributed by atoms with E-state index < -0.39 is 5.60 Å². The SMILES string of the molecule is CC1CC1/C=C/[C@@H](C)[C@H]1CC[C@@H]2[C@]1(C)CC[C@H]1[C@]23C=C[C@]2(C[C@@H](O)CC[C@]12C)OO3. The number of aliphatic hydroxyl groups excluding tert-OH is 1. The Morgan fingerprint density at radius 3 is 2.53 bits per heavy atom. The van der Waals surface area contributed by atoms with E-state index in [2.05, 4.69) is 52.0 Å². The van der Waals surface area contributed by atoms with Gasteiger partial charge < -0.3 is 5.11 Å². The second-order valence-electron chi connectivity index (χ2n) is 12.5.